The van der Waals surface area contributed by atoms with E-state index in [2.05, 4.69) is 29.6 Å². The summed E-state index contributed by atoms with van der Waals surface area (Å²) in [5.74, 6) is 3.83. The zero-order valence-corrected chi connectivity index (χ0v) is 17.9. The zero-order chi connectivity index (χ0) is 20.7. The molecule has 4 bridgehead atoms. The molecule has 2 aromatic carbocycles. The molecular formula is C26H31NO3. The van der Waals surface area contributed by atoms with Gasteiger partial charge < -0.3 is 14.8 Å². The Bertz CT molecular complexity index is 885. The maximum atomic E-state index is 12.6. The van der Waals surface area contributed by atoms with Gasteiger partial charge in [-0.2, -0.15) is 0 Å². The fourth-order valence-electron chi connectivity index (χ4n) is 6.58. The number of carbonyl (C=O) groups is 1. The maximum absolute atomic E-state index is 12.6. The number of anilines is 1. The lowest BCUT2D eigenvalue weighted by atomic mass is 9.48. The first-order valence-electron chi connectivity index (χ1n) is 11.3. The molecule has 0 unspecified atom stereocenters. The normalized spacial score (nSPS) is 30.0. The first-order chi connectivity index (χ1) is 14.5. The highest BCUT2D eigenvalue weighted by Crippen LogP contribution is 2.60. The zero-order valence-electron chi connectivity index (χ0n) is 17.9. The number of carbonyl (C=O) groups excluding carboxylic acids is 1. The third kappa shape index (κ3) is 3.57. The van der Waals surface area contributed by atoms with Crippen LogP contribution in [0.1, 0.15) is 51.0 Å². The fraction of sp³-hybridized carbons (Fsp3) is 0.500. The van der Waals surface area contributed by atoms with Gasteiger partial charge in [0.25, 0.3) is 5.91 Å². The Morgan fingerprint density at radius 1 is 0.933 bits per heavy atom. The number of hydrogen-bond donors (Lipinski definition) is 1. The fourth-order valence-corrected chi connectivity index (χ4v) is 6.58. The Morgan fingerprint density at radius 2 is 1.50 bits per heavy atom. The predicted molar refractivity (Wildman–Crippen MR) is 118 cm³/mol. The van der Waals surface area contributed by atoms with Gasteiger partial charge in [0.1, 0.15) is 0 Å². The van der Waals surface area contributed by atoms with Gasteiger partial charge in [0.2, 0.25) is 0 Å². The van der Waals surface area contributed by atoms with E-state index in [0.717, 1.165) is 23.4 Å². The molecule has 2 aromatic rings. The van der Waals surface area contributed by atoms with Crippen LogP contribution in [0.3, 0.4) is 0 Å². The first-order valence-corrected chi connectivity index (χ1v) is 11.3. The number of amides is 1. The number of para-hydroxylation sites is 2. The second-order valence-corrected chi connectivity index (χ2v) is 9.68. The highest BCUT2D eigenvalue weighted by molar-refractivity contribution is 5.94. The van der Waals surface area contributed by atoms with Crippen LogP contribution >= 0.6 is 0 Å². The second kappa shape index (κ2) is 7.64. The average Bonchev–Trinajstić information content (AvgIpc) is 2.73. The summed E-state index contributed by atoms with van der Waals surface area (Å²) >= 11 is 0. The monoisotopic (exact) mass is 405 g/mol. The topological polar surface area (TPSA) is 47.6 Å². The number of rotatable bonds is 6. The van der Waals surface area contributed by atoms with Gasteiger partial charge in [0.15, 0.2) is 17.6 Å². The lowest BCUT2D eigenvalue weighted by molar-refractivity contribution is -0.122. The minimum atomic E-state index is -0.621. The van der Waals surface area contributed by atoms with Gasteiger partial charge in [-0.25, -0.2) is 0 Å². The summed E-state index contributed by atoms with van der Waals surface area (Å²) in [5.41, 5.74) is 2.68. The third-order valence-corrected chi connectivity index (χ3v) is 7.55. The van der Waals surface area contributed by atoms with E-state index in [0.29, 0.717) is 16.9 Å². The van der Waals surface area contributed by atoms with Crippen molar-refractivity contribution in [3.8, 4) is 11.5 Å². The highest BCUT2D eigenvalue weighted by atomic mass is 16.5. The van der Waals surface area contributed by atoms with Crippen LogP contribution in [0.4, 0.5) is 5.69 Å². The number of methoxy groups -OCH3 is 1. The van der Waals surface area contributed by atoms with E-state index in [9.17, 15) is 4.79 Å². The van der Waals surface area contributed by atoms with Crippen molar-refractivity contribution in [2.75, 3.05) is 12.4 Å². The molecule has 4 heteroatoms. The van der Waals surface area contributed by atoms with Crippen molar-refractivity contribution < 1.29 is 14.3 Å². The molecular weight excluding hydrogens is 374 g/mol. The smallest absolute Gasteiger partial charge is 0.265 e. The number of benzene rings is 2. The number of hydrogen-bond acceptors (Lipinski definition) is 3. The van der Waals surface area contributed by atoms with E-state index in [-0.39, 0.29) is 5.91 Å². The molecule has 0 aromatic heterocycles. The summed E-state index contributed by atoms with van der Waals surface area (Å²) in [4.78, 5) is 12.6. The number of ether oxygens (including phenoxy) is 2. The van der Waals surface area contributed by atoms with Crippen molar-refractivity contribution in [1.29, 1.82) is 0 Å². The molecule has 158 valence electrons. The Balaban J connectivity index is 1.24. The van der Waals surface area contributed by atoms with Crippen LogP contribution in [-0.2, 0) is 10.2 Å². The van der Waals surface area contributed by atoms with E-state index in [1.54, 1.807) is 14.0 Å². The van der Waals surface area contributed by atoms with E-state index in [1.165, 1.54) is 44.1 Å². The molecule has 1 atom stereocenters. The van der Waals surface area contributed by atoms with Gasteiger partial charge in [-0.05, 0) is 98.4 Å². The average molecular weight is 406 g/mol. The van der Waals surface area contributed by atoms with Gasteiger partial charge in [-0.15, -0.1) is 0 Å². The van der Waals surface area contributed by atoms with Crippen molar-refractivity contribution in [2.24, 2.45) is 17.8 Å². The van der Waals surface area contributed by atoms with E-state index < -0.39 is 6.10 Å². The molecule has 0 aliphatic heterocycles. The first kappa shape index (κ1) is 19.5. The van der Waals surface area contributed by atoms with Gasteiger partial charge in [-0.3, -0.25) is 4.79 Å². The molecule has 30 heavy (non-hydrogen) atoms. The lowest BCUT2D eigenvalue weighted by Gasteiger charge is -2.57. The molecule has 1 N–H and O–H groups in total. The SMILES string of the molecule is COc1ccccc1O[C@@H](C)C(=O)Nc1ccc(C23CC4CC(CC(C4)C2)C3)cc1. The summed E-state index contributed by atoms with van der Waals surface area (Å²) in [5, 5.41) is 3.00. The lowest BCUT2D eigenvalue weighted by Crippen LogP contribution is -2.48. The summed E-state index contributed by atoms with van der Waals surface area (Å²) in [6.45, 7) is 1.76. The van der Waals surface area contributed by atoms with Gasteiger partial charge in [0, 0.05) is 5.69 Å². The Morgan fingerprint density at radius 3 is 2.07 bits per heavy atom. The van der Waals surface area contributed by atoms with Crippen LogP contribution in [0.15, 0.2) is 48.5 Å². The summed E-state index contributed by atoms with van der Waals surface area (Å²) in [6.07, 6.45) is 7.81. The molecule has 0 saturated heterocycles. The Labute approximate surface area is 179 Å². The van der Waals surface area contributed by atoms with Crippen LogP contribution in [0.2, 0.25) is 0 Å². The van der Waals surface area contributed by atoms with Gasteiger partial charge in [-0.1, -0.05) is 24.3 Å². The van der Waals surface area contributed by atoms with Crippen LogP contribution in [0.5, 0.6) is 11.5 Å². The minimum absolute atomic E-state index is 0.163. The summed E-state index contributed by atoms with van der Waals surface area (Å²) in [7, 11) is 1.60. The molecule has 0 radical (unpaired) electrons. The minimum Gasteiger partial charge on any atom is -0.493 e. The summed E-state index contributed by atoms with van der Waals surface area (Å²) in [6, 6.07) is 16.0. The van der Waals surface area contributed by atoms with Crippen molar-refractivity contribution in [2.45, 2.75) is 57.0 Å². The van der Waals surface area contributed by atoms with Crippen molar-refractivity contribution in [3.05, 3.63) is 54.1 Å². The Hall–Kier alpha value is -2.49. The standard InChI is InChI=1S/C26H31NO3/c1-17(30-24-6-4-3-5-23(24)29-2)25(28)27-22-9-7-21(8-10-22)26-14-18-11-19(15-26)13-20(12-18)16-26/h3-10,17-20H,11-16H2,1-2H3,(H,27,28)/t17-,18?,19?,20?,26?/m0/s1. The van der Waals surface area contributed by atoms with Crippen molar-refractivity contribution in [3.63, 3.8) is 0 Å². The molecule has 4 aliphatic rings. The van der Waals surface area contributed by atoms with Crippen LogP contribution in [0.25, 0.3) is 0 Å². The van der Waals surface area contributed by atoms with E-state index >= 15 is 0 Å². The molecule has 4 nitrogen and oxygen atoms in total. The van der Waals surface area contributed by atoms with Gasteiger partial charge >= 0.3 is 0 Å². The molecule has 6 rings (SSSR count). The van der Waals surface area contributed by atoms with Crippen LogP contribution in [-0.4, -0.2) is 19.1 Å². The maximum Gasteiger partial charge on any atom is 0.265 e. The predicted octanol–water partition coefficient (Wildman–Crippen LogP) is 5.57. The highest BCUT2D eigenvalue weighted by Gasteiger charge is 2.51. The largest absolute Gasteiger partial charge is 0.493 e. The Kier molecular flexibility index (Phi) is 4.96. The van der Waals surface area contributed by atoms with Crippen molar-refractivity contribution >= 4 is 11.6 Å². The quantitative estimate of drug-likeness (QED) is 0.683. The van der Waals surface area contributed by atoms with Crippen molar-refractivity contribution in [1.82, 2.24) is 0 Å². The van der Waals surface area contributed by atoms with E-state index in [1.807, 2.05) is 24.3 Å². The summed E-state index contributed by atoms with van der Waals surface area (Å²) < 4.78 is 11.1. The van der Waals surface area contributed by atoms with Gasteiger partial charge in [0.05, 0.1) is 7.11 Å². The molecule has 1 amide bonds. The van der Waals surface area contributed by atoms with E-state index in [4.69, 9.17) is 9.47 Å². The molecule has 4 fully saturated rings. The molecule has 4 saturated carbocycles. The van der Waals surface area contributed by atoms with Crippen LogP contribution < -0.4 is 14.8 Å². The number of nitrogens with one attached hydrogen (secondary N) is 1. The molecule has 0 spiro atoms. The third-order valence-electron chi connectivity index (χ3n) is 7.55. The second-order valence-electron chi connectivity index (χ2n) is 9.68. The molecule has 4 aliphatic carbocycles. The van der Waals surface area contributed by atoms with Crippen LogP contribution in [0, 0.1) is 17.8 Å². The molecule has 0 heterocycles.